The number of aromatic nitrogens is 3. The van der Waals surface area contributed by atoms with E-state index in [0.29, 0.717) is 43.8 Å². The van der Waals surface area contributed by atoms with Gasteiger partial charge in [-0.05, 0) is 54.6 Å². The van der Waals surface area contributed by atoms with Crippen LogP contribution in [0.15, 0.2) is 60.7 Å². The van der Waals surface area contributed by atoms with Gasteiger partial charge in [0.15, 0.2) is 0 Å². The minimum atomic E-state index is -0.254. The molecule has 1 aromatic heterocycles. The second kappa shape index (κ2) is 7.50. The first-order chi connectivity index (χ1) is 13.5. The molecule has 0 aliphatic carbocycles. The molecular formula is C20H14Cl2N4O2. The van der Waals surface area contributed by atoms with E-state index in [-0.39, 0.29) is 5.91 Å². The number of halogens is 2. The molecule has 140 valence electrons. The first-order valence-electron chi connectivity index (χ1n) is 8.31. The number of fused-ring (bicyclic) bond motifs is 1. The van der Waals surface area contributed by atoms with Crippen molar-refractivity contribution in [2.75, 3.05) is 12.4 Å². The van der Waals surface area contributed by atoms with Crippen LogP contribution in [0.25, 0.3) is 16.7 Å². The Morgan fingerprint density at radius 2 is 1.82 bits per heavy atom. The van der Waals surface area contributed by atoms with Gasteiger partial charge in [-0.25, -0.2) is 0 Å². The fraction of sp³-hybridized carbons (Fsp3) is 0.0500. The van der Waals surface area contributed by atoms with Crippen LogP contribution in [0.5, 0.6) is 5.75 Å². The number of hydrogen-bond donors (Lipinski definition) is 1. The maximum atomic E-state index is 12.4. The molecule has 1 heterocycles. The Morgan fingerprint density at radius 1 is 1.00 bits per heavy atom. The van der Waals surface area contributed by atoms with E-state index in [1.54, 1.807) is 61.7 Å². The summed E-state index contributed by atoms with van der Waals surface area (Å²) < 4.78 is 5.16. The quantitative estimate of drug-likeness (QED) is 0.512. The molecule has 4 aromatic rings. The lowest BCUT2D eigenvalue weighted by Crippen LogP contribution is -2.11. The third-order valence-corrected chi connectivity index (χ3v) is 4.62. The number of nitrogens with one attached hydrogen (secondary N) is 1. The summed E-state index contributed by atoms with van der Waals surface area (Å²) in [6.45, 7) is 0. The largest absolute Gasteiger partial charge is 0.495 e. The predicted molar refractivity (Wildman–Crippen MR) is 110 cm³/mol. The third-order valence-electron chi connectivity index (χ3n) is 4.09. The van der Waals surface area contributed by atoms with Crippen molar-refractivity contribution >= 4 is 45.8 Å². The molecule has 8 heteroatoms. The van der Waals surface area contributed by atoms with Gasteiger partial charge in [0.05, 0.1) is 17.8 Å². The number of anilines is 1. The van der Waals surface area contributed by atoms with E-state index in [9.17, 15) is 4.79 Å². The van der Waals surface area contributed by atoms with Crippen LogP contribution in [0.4, 0.5) is 5.69 Å². The van der Waals surface area contributed by atoms with Gasteiger partial charge in [0.25, 0.3) is 5.91 Å². The Kier molecular flexibility index (Phi) is 4.90. The van der Waals surface area contributed by atoms with Crippen molar-refractivity contribution in [1.82, 2.24) is 15.0 Å². The van der Waals surface area contributed by atoms with E-state index in [2.05, 4.69) is 15.5 Å². The molecule has 0 atom stereocenters. The van der Waals surface area contributed by atoms with Crippen LogP contribution in [0, 0.1) is 0 Å². The smallest absolute Gasteiger partial charge is 0.255 e. The van der Waals surface area contributed by atoms with Crippen molar-refractivity contribution in [1.29, 1.82) is 0 Å². The summed E-state index contributed by atoms with van der Waals surface area (Å²) in [5.41, 5.74) is 3.11. The maximum Gasteiger partial charge on any atom is 0.255 e. The van der Waals surface area contributed by atoms with E-state index in [4.69, 9.17) is 27.9 Å². The molecule has 4 rings (SSSR count). The van der Waals surface area contributed by atoms with Gasteiger partial charge >= 0.3 is 0 Å². The van der Waals surface area contributed by atoms with Crippen molar-refractivity contribution in [2.45, 2.75) is 0 Å². The molecule has 0 fully saturated rings. The highest BCUT2D eigenvalue weighted by Crippen LogP contribution is 2.27. The van der Waals surface area contributed by atoms with Crippen LogP contribution in [-0.2, 0) is 0 Å². The summed E-state index contributed by atoms with van der Waals surface area (Å²) in [5.74, 6) is 0.323. The van der Waals surface area contributed by atoms with Crippen molar-refractivity contribution < 1.29 is 9.53 Å². The van der Waals surface area contributed by atoms with Crippen LogP contribution in [0.3, 0.4) is 0 Å². The van der Waals surface area contributed by atoms with E-state index >= 15 is 0 Å². The number of ether oxygens (including phenoxy) is 1. The van der Waals surface area contributed by atoms with Gasteiger partial charge in [0.2, 0.25) is 0 Å². The number of carbonyl (C=O) groups excluding carboxylic acids is 1. The summed E-state index contributed by atoms with van der Waals surface area (Å²) in [4.78, 5) is 13.9. The normalized spacial score (nSPS) is 10.8. The number of rotatable bonds is 4. The molecule has 28 heavy (non-hydrogen) atoms. The molecule has 0 radical (unpaired) electrons. The minimum absolute atomic E-state index is 0.254. The Morgan fingerprint density at radius 3 is 2.57 bits per heavy atom. The standard InChI is InChI=1S/C20H14Cl2N4O2/c1-28-19-8-6-15(11-16(19)22)26-24-17-7-5-14(10-18(17)25-26)23-20(27)12-3-2-4-13(21)9-12/h2-11H,1H3,(H,23,27). The van der Waals surface area contributed by atoms with E-state index < -0.39 is 0 Å². The van der Waals surface area contributed by atoms with Gasteiger partial charge in [0, 0.05) is 16.3 Å². The average Bonchev–Trinajstić information content (AvgIpc) is 3.11. The first kappa shape index (κ1) is 18.3. The number of benzene rings is 3. The van der Waals surface area contributed by atoms with Gasteiger partial charge < -0.3 is 10.1 Å². The molecule has 0 aliphatic heterocycles. The zero-order chi connectivity index (χ0) is 19.7. The predicted octanol–water partition coefficient (Wildman–Crippen LogP) is 4.99. The van der Waals surface area contributed by atoms with Crippen molar-refractivity contribution in [3.8, 4) is 11.4 Å². The Bertz CT molecular complexity index is 1190. The lowest BCUT2D eigenvalue weighted by Gasteiger charge is -2.05. The van der Waals surface area contributed by atoms with Gasteiger partial charge in [-0.3, -0.25) is 4.79 Å². The molecule has 1 amide bonds. The fourth-order valence-corrected chi connectivity index (χ4v) is 3.16. The number of amides is 1. The number of nitrogens with zero attached hydrogens (tertiary/aromatic N) is 3. The zero-order valence-electron chi connectivity index (χ0n) is 14.7. The highest BCUT2D eigenvalue weighted by Gasteiger charge is 2.11. The summed E-state index contributed by atoms with van der Waals surface area (Å²) in [5, 5.41) is 12.7. The first-order valence-corrected chi connectivity index (χ1v) is 9.07. The van der Waals surface area contributed by atoms with Crippen LogP contribution >= 0.6 is 23.2 Å². The van der Waals surface area contributed by atoms with E-state index in [1.165, 1.54) is 4.80 Å². The molecule has 6 nitrogen and oxygen atoms in total. The Hall–Kier alpha value is -3.09. The van der Waals surface area contributed by atoms with E-state index in [0.717, 1.165) is 0 Å². The topological polar surface area (TPSA) is 69.0 Å². The van der Waals surface area contributed by atoms with Gasteiger partial charge in [0.1, 0.15) is 16.8 Å². The van der Waals surface area contributed by atoms with Gasteiger partial charge in [-0.1, -0.05) is 29.3 Å². The molecule has 0 saturated heterocycles. The molecular weight excluding hydrogens is 399 g/mol. The maximum absolute atomic E-state index is 12.4. The highest BCUT2D eigenvalue weighted by atomic mass is 35.5. The minimum Gasteiger partial charge on any atom is -0.495 e. The van der Waals surface area contributed by atoms with Gasteiger partial charge in [-0.2, -0.15) is 4.80 Å². The second-order valence-corrected chi connectivity index (χ2v) is 6.82. The van der Waals surface area contributed by atoms with Crippen LogP contribution in [0.2, 0.25) is 10.0 Å². The monoisotopic (exact) mass is 412 g/mol. The summed E-state index contributed by atoms with van der Waals surface area (Å²) >= 11 is 12.1. The Labute approximate surface area is 170 Å². The van der Waals surface area contributed by atoms with Crippen LogP contribution < -0.4 is 10.1 Å². The average molecular weight is 413 g/mol. The molecule has 0 bridgehead atoms. The number of methoxy groups -OCH3 is 1. The number of carbonyl (C=O) groups is 1. The fourth-order valence-electron chi connectivity index (χ4n) is 2.72. The summed E-state index contributed by atoms with van der Waals surface area (Å²) in [6, 6.07) is 17.4. The summed E-state index contributed by atoms with van der Waals surface area (Å²) in [7, 11) is 1.56. The lowest BCUT2D eigenvalue weighted by atomic mass is 10.2. The molecule has 0 unspecified atom stereocenters. The van der Waals surface area contributed by atoms with Crippen LogP contribution in [0.1, 0.15) is 10.4 Å². The second-order valence-electron chi connectivity index (χ2n) is 5.98. The van der Waals surface area contributed by atoms with Gasteiger partial charge in [-0.15, -0.1) is 10.2 Å². The Balaban J connectivity index is 1.61. The number of hydrogen-bond acceptors (Lipinski definition) is 4. The molecule has 3 aromatic carbocycles. The van der Waals surface area contributed by atoms with Crippen molar-refractivity contribution in [2.24, 2.45) is 0 Å². The third kappa shape index (κ3) is 3.65. The lowest BCUT2D eigenvalue weighted by molar-refractivity contribution is 0.102. The molecule has 0 spiro atoms. The zero-order valence-corrected chi connectivity index (χ0v) is 16.2. The molecule has 0 aliphatic rings. The molecule has 0 saturated carbocycles. The van der Waals surface area contributed by atoms with Crippen molar-refractivity contribution in [3.05, 3.63) is 76.3 Å². The van der Waals surface area contributed by atoms with Crippen LogP contribution in [-0.4, -0.2) is 28.0 Å². The SMILES string of the molecule is COc1ccc(-n2nc3ccc(NC(=O)c4cccc(Cl)c4)cc3n2)cc1Cl. The summed E-state index contributed by atoms with van der Waals surface area (Å²) in [6.07, 6.45) is 0. The molecule has 1 N–H and O–H groups in total. The highest BCUT2D eigenvalue weighted by molar-refractivity contribution is 6.32. The van der Waals surface area contributed by atoms with E-state index in [1.807, 2.05) is 6.07 Å². The van der Waals surface area contributed by atoms with Crippen molar-refractivity contribution in [3.63, 3.8) is 0 Å².